The van der Waals surface area contributed by atoms with E-state index in [9.17, 15) is 51.2 Å². The lowest BCUT2D eigenvalue weighted by Crippen LogP contribution is -2.58. The molecule has 0 aliphatic heterocycles. The van der Waals surface area contributed by atoms with Gasteiger partial charge in [-0.2, -0.15) is 27.2 Å². The summed E-state index contributed by atoms with van der Waals surface area (Å²) in [5.41, 5.74) is 0.829. The van der Waals surface area contributed by atoms with Crippen molar-refractivity contribution in [1.82, 2.24) is 21.3 Å². The molecule has 3 rings (SSSR count). The smallest absolute Gasteiger partial charge is 0.405 e. The highest BCUT2D eigenvalue weighted by Crippen LogP contribution is 2.24. The number of halogens is 6. The largest absolute Gasteiger partial charge is 0.497 e. The van der Waals surface area contributed by atoms with Gasteiger partial charge in [0.05, 0.1) is 24.8 Å². The summed E-state index contributed by atoms with van der Waals surface area (Å²) < 4.78 is 72.6. The molecule has 3 aromatic carbocycles. The van der Waals surface area contributed by atoms with Crippen molar-refractivity contribution in [2.45, 2.75) is 50.5 Å². The second kappa shape index (κ2) is 17.6. The van der Waals surface area contributed by atoms with Crippen molar-refractivity contribution in [1.29, 1.82) is 5.26 Å². The van der Waals surface area contributed by atoms with Gasteiger partial charge in [0.2, 0.25) is 17.6 Å². The van der Waals surface area contributed by atoms with Crippen LogP contribution in [0.15, 0.2) is 72.8 Å². The predicted molar refractivity (Wildman–Crippen MR) is 177 cm³/mol. The number of nitrogens with one attached hydrogen (secondary N) is 4. The first-order valence-corrected chi connectivity index (χ1v) is 15.8. The van der Waals surface area contributed by atoms with Gasteiger partial charge in [0, 0.05) is 17.0 Å². The highest BCUT2D eigenvalue weighted by atomic mass is 35.5. The molecular weight excluding hydrogens is 717 g/mol. The Kier molecular flexibility index (Phi) is 13.8. The molecular formula is C35H33ClF5N5O6. The number of methoxy groups -OCH3 is 1. The standard InChI is InChI=1S/C35H33ClF5N5O6/c1-19(2)27(29(47)35(40,41)33(51)43-18-34(37,38)39)45-32(50)28(22-10-12-25(52-3)13-11-22)46-31(49)26(15-20-6-4-7-21(14-20)17-42)44-30(48)23-8-5-9-24(36)16-23/h4-14,16,19,26-28H,15,18H2,1-3H3,(H,43,51)(H,44,48)(H,45,50)(H,46,49)/t26-,27-,28-/m0/s1. The van der Waals surface area contributed by atoms with Crippen LogP contribution in [0.3, 0.4) is 0 Å². The van der Waals surface area contributed by atoms with Gasteiger partial charge in [-0.05, 0) is 59.5 Å². The van der Waals surface area contributed by atoms with Gasteiger partial charge in [0.15, 0.2) is 0 Å². The van der Waals surface area contributed by atoms with Gasteiger partial charge in [0.1, 0.15) is 24.4 Å². The van der Waals surface area contributed by atoms with E-state index in [0.717, 1.165) is 5.32 Å². The molecule has 0 spiro atoms. The van der Waals surface area contributed by atoms with Crippen LogP contribution >= 0.6 is 11.6 Å². The summed E-state index contributed by atoms with van der Waals surface area (Å²) in [7, 11) is 1.36. The first-order valence-electron chi connectivity index (χ1n) is 15.4. The minimum atomic E-state index is -5.05. The van der Waals surface area contributed by atoms with Crippen LogP contribution in [0.1, 0.15) is 46.9 Å². The summed E-state index contributed by atoms with van der Waals surface area (Å²) >= 11 is 6.03. The van der Waals surface area contributed by atoms with Crippen LogP contribution in [-0.4, -0.2) is 67.2 Å². The monoisotopic (exact) mass is 749 g/mol. The van der Waals surface area contributed by atoms with Crippen molar-refractivity contribution >= 4 is 41.0 Å². The third kappa shape index (κ3) is 11.2. The summed E-state index contributed by atoms with van der Waals surface area (Å²) in [6.45, 7) is 0.351. The number of ether oxygens (including phenoxy) is 1. The molecule has 0 aliphatic rings. The van der Waals surface area contributed by atoms with Crippen molar-refractivity contribution in [2.24, 2.45) is 5.92 Å². The molecule has 3 aromatic rings. The molecule has 4 N–H and O–H groups in total. The van der Waals surface area contributed by atoms with Crippen molar-refractivity contribution in [3.63, 3.8) is 0 Å². The highest BCUT2D eigenvalue weighted by molar-refractivity contribution is 6.31. The van der Waals surface area contributed by atoms with Crippen molar-refractivity contribution in [2.75, 3.05) is 13.7 Å². The number of carbonyl (C=O) groups excluding carboxylic acids is 5. The van der Waals surface area contributed by atoms with Crippen molar-refractivity contribution in [3.05, 3.63) is 100 Å². The maximum absolute atomic E-state index is 14.9. The van der Waals surface area contributed by atoms with Crippen LogP contribution in [0.4, 0.5) is 22.0 Å². The summed E-state index contributed by atoms with van der Waals surface area (Å²) in [5.74, 6) is -13.4. The van der Waals surface area contributed by atoms with Gasteiger partial charge in [-0.1, -0.05) is 55.8 Å². The number of amides is 4. The minimum absolute atomic E-state index is 0.0580. The first kappa shape index (κ1) is 40.9. The average Bonchev–Trinajstić information content (AvgIpc) is 3.10. The summed E-state index contributed by atoms with van der Waals surface area (Å²) in [5, 5.41) is 17.7. The number of alkyl halides is 5. The fourth-order valence-electron chi connectivity index (χ4n) is 4.79. The molecule has 17 heteroatoms. The molecule has 276 valence electrons. The number of rotatable bonds is 15. The first-order chi connectivity index (χ1) is 24.4. The van der Waals surface area contributed by atoms with Gasteiger partial charge >= 0.3 is 12.1 Å². The van der Waals surface area contributed by atoms with Crippen LogP contribution < -0.4 is 26.0 Å². The Hall–Kier alpha value is -5.56. The fraction of sp³-hybridized carbons (Fsp3) is 0.314. The van der Waals surface area contributed by atoms with Gasteiger partial charge < -0.3 is 26.0 Å². The second-order valence-corrected chi connectivity index (χ2v) is 12.2. The number of ketones is 1. The van der Waals surface area contributed by atoms with E-state index in [1.165, 1.54) is 81.6 Å². The van der Waals surface area contributed by atoms with Crippen LogP contribution in [0, 0.1) is 17.2 Å². The van der Waals surface area contributed by atoms with Crippen molar-refractivity contribution < 1.29 is 50.7 Å². The number of carbonyl (C=O) groups is 5. The lowest BCUT2D eigenvalue weighted by molar-refractivity contribution is -0.165. The Labute approximate surface area is 299 Å². The number of Topliss-reactive ketones (excluding diaryl/α,β-unsaturated/α-hetero) is 1. The van der Waals surface area contributed by atoms with Crippen LogP contribution in [0.2, 0.25) is 5.02 Å². The van der Waals surface area contributed by atoms with Crippen LogP contribution in [0.5, 0.6) is 5.75 Å². The van der Waals surface area contributed by atoms with E-state index in [2.05, 4.69) is 16.0 Å². The summed E-state index contributed by atoms with van der Waals surface area (Å²) in [6.07, 6.45) is -5.24. The van der Waals surface area contributed by atoms with E-state index in [-0.39, 0.29) is 28.1 Å². The molecule has 0 aliphatic carbocycles. The maximum atomic E-state index is 14.9. The number of nitrogens with zero attached hydrogens (tertiary/aromatic N) is 1. The molecule has 4 amide bonds. The van der Waals surface area contributed by atoms with Crippen LogP contribution in [0.25, 0.3) is 0 Å². The fourth-order valence-corrected chi connectivity index (χ4v) is 4.98. The predicted octanol–water partition coefficient (Wildman–Crippen LogP) is 4.44. The molecule has 11 nitrogen and oxygen atoms in total. The zero-order valence-corrected chi connectivity index (χ0v) is 28.6. The van der Waals surface area contributed by atoms with Crippen LogP contribution in [-0.2, 0) is 25.6 Å². The molecule has 0 fully saturated rings. The molecule has 52 heavy (non-hydrogen) atoms. The highest BCUT2D eigenvalue weighted by Gasteiger charge is 2.52. The quantitative estimate of drug-likeness (QED) is 0.132. The topological polar surface area (TPSA) is 166 Å². The third-order valence-corrected chi connectivity index (χ3v) is 7.73. The Bertz CT molecular complexity index is 1830. The molecule has 0 heterocycles. The third-order valence-electron chi connectivity index (χ3n) is 7.49. The van der Waals surface area contributed by atoms with E-state index in [4.69, 9.17) is 16.3 Å². The molecule has 0 radical (unpaired) electrons. The van der Waals surface area contributed by atoms with Crippen molar-refractivity contribution in [3.8, 4) is 11.8 Å². The van der Waals surface area contributed by atoms with E-state index in [1.807, 2.05) is 6.07 Å². The molecule has 0 bridgehead atoms. The number of benzene rings is 3. The summed E-state index contributed by atoms with van der Waals surface area (Å²) in [4.78, 5) is 65.9. The molecule has 0 unspecified atom stereocenters. The van der Waals surface area contributed by atoms with E-state index >= 15 is 0 Å². The zero-order valence-electron chi connectivity index (χ0n) is 27.8. The molecule has 0 aromatic heterocycles. The Morgan fingerprint density at radius 2 is 1.52 bits per heavy atom. The maximum Gasteiger partial charge on any atom is 0.405 e. The van der Waals surface area contributed by atoms with Gasteiger partial charge in [-0.15, -0.1) is 0 Å². The van der Waals surface area contributed by atoms with Gasteiger partial charge in [-0.3, -0.25) is 24.0 Å². The molecule has 3 atom stereocenters. The Morgan fingerprint density at radius 1 is 0.865 bits per heavy atom. The number of nitriles is 1. The number of hydrogen-bond acceptors (Lipinski definition) is 7. The van der Waals surface area contributed by atoms with E-state index in [0.29, 0.717) is 11.3 Å². The SMILES string of the molecule is COc1ccc([C@H](NC(=O)[C@H](Cc2cccc(C#N)c2)NC(=O)c2cccc(Cl)c2)C(=O)N[C@H](C(=O)C(F)(F)C(=O)NCC(F)(F)F)C(C)C)cc1. The lowest BCUT2D eigenvalue weighted by atomic mass is 9.94. The van der Waals surface area contributed by atoms with E-state index in [1.54, 1.807) is 12.1 Å². The number of hydrogen-bond donors (Lipinski definition) is 4. The summed E-state index contributed by atoms with van der Waals surface area (Å²) in [6, 6.07) is 14.2. The Morgan fingerprint density at radius 3 is 2.10 bits per heavy atom. The second-order valence-electron chi connectivity index (χ2n) is 11.7. The van der Waals surface area contributed by atoms with Gasteiger partial charge in [-0.25, -0.2) is 0 Å². The lowest BCUT2D eigenvalue weighted by Gasteiger charge is -2.28. The zero-order chi connectivity index (χ0) is 38.8. The van der Waals surface area contributed by atoms with Gasteiger partial charge in [0.25, 0.3) is 11.8 Å². The van der Waals surface area contributed by atoms with E-state index < -0.39 is 72.1 Å². The minimum Gasteiger partial charge on any atom is -0.497 e. The normalized spacial score (nSPS) is 13.2. The Balaban J connectivity index is 1.98. The molecule has 0 saturated heterocycles. The average molecular weight is 750 g/mol. The molecule has 0 saturated carbocycles.